The minimum Gasteiger partial charge on any atom is -0.396 e. The molecule has 1 atom stereocenters. The van der Waals surface area contributed by atoms with Crippen LogP contribution in [0.25, 0.3) is 0 Å². The highest BCUT2D eigenvalue weighted by Gasteiger charge is 2.21. The van der Waals surface area contributed by atoms with Crippen LogP contribution in [0, 0.1) is 0 Å². The van der Waals surface area contributed by atoms with Gasteiger partial charge in [-0.1, -0.05) is 37.6 Å². The number of hydrogen-bond acceptors (Lipinski definition) is 2. The molecular weight excluding hydrogens is 222 g/mol. The number of aliphatic hydroxyl groups excluding tert-OH is 1. The van der Waals surface area contributed by atoms with Crippen LogP contribution in [-0.4, -0.2) is 29.2 Å². The third-order valence-electron chi connectivity index (χ3n) is 4.03. The second-order valence-corrected chi connectivity index (χ2v) is 5.30. The van der Waals surface area contributed by atoms with Gasteiger partial charge in [0.1, 0.15) is 0 Å². The number of benzene rings is 1. The molecule has 0 amide bonds. The van der Waals surface area contributed by atoms with Gasteiger partial charge < -0.3 is 5.11 Å². The Kier molecular flexibility index (Phi) is 5.21. The van der Waals surface area contributed by atoms with E-state index in [2.05, 4.69) is 36.1 Å². The predicted molar refractivity (Wildman–Crippen MR) is 75.6 cm³/mol. The van der Waals surface area contributed by atoms with E-state index in [1.165, 1.54) is 36.9 Å². The molecule has 0 radical (unpaired) electrons. The van der Waals surface area contributed by atoms with E-state index in [4.69, 9.17) is 5.11 Å². The molecule has 2 rings (SSSR count). The molecule has 0 saturated carbocycles. The highest BCUT2D eigenvalue weighted by molar-refractivity contribution is 5.22. The van der Waals surface area contributed by atoms with Crippen LogP contribution < -0.4 is 0 Å². The van der Waals surface area contributed by atoms with Gasteiger partial charge in [0, 0.05) is 19.2 Å². The molecule has 100 valence electrons. The SMILES string of the molecule is CCc1ccc(CN2CCCCC2CCO)cc1. The van der Waals surface area contributed by atoms with Crippen LogP contribution in [0.4, 0.5) is 0 Å². The lowest BCUT2D eigenvalue weighted by molar-refractivity contribution is 0.112. The third-order valence-corrected chi connectivity index (χ3v) is 4.03. The lowest BCUT2D eigenvalue weighted by atomic mass is 9.98. The maximum Gasteiger partial charge on any atom is 0.0445 e. The molecule has 1 heterocycles. The van der Waals surface area contributed by atoms with E-state index in [9.17, 15) is 0 Å². The molecule has 1 aromatic carbocycles. The summed E-state index contributed by atoms with van der Waals surface area (Å²) in [5, 5.41) is 9.14. The van der Waals surface area contributed by atoms with Crippen LogP contribution in [0.15, 0.2) is 24.3 Å². The van der Waals surface area contributed by atoms with E-state index in [0.717, 1.165) is 19.4 Å². The van der Waals surface area contributed by atoms with E-state index in [1.54, 1.807) is 0 Å². The summed E-state index contributed by atoms with van der Waals surface area (Å²) in [4.78, 5) is 2.54. The first-order chi connectivity index (χ1) is 8.83. The zero-order chi connectivity index (χ0) is 12.8. The fraction of sp³-hybridized carbons (Fsp3) is 0.625. The van der Waals surface area contributed by atoms with E-state index < -0.39 is 0 Å². The number of likely N-dealkylation sites (tertiary alicyclic amines) is 1. The molecular formula is C16H25NO. The molecule has 1 aromatic rings. The van der Waals surface area contributed by atoms with Crippen molar-refractivity contribution in [2.24, 2.45) is 0 Å². The van der Waals surface area contributed by atoms with E-state index in [-0.39, 0.29) is 0 Å². The van der Waals surface area contributed by atoms with Crippen LogP contribution in [-0.2, 0) is 13.0 Å². The van der Waals surface area contributed by atoms with Crippen LogP contribution in [0.2, 0.25) is 0 Å². The number of hydrogen-bond donors (Lipinski definition) is 1. The molecule has 2 nitrogen and oxygen atoms in total. The van der Waals surface area contributed by atoms with Crippen LogP contribution in [0.5, 0.6) is 0 Å². The summed E-state index contributed by atoms with van der Waals surface area (Å²) in [5.74, 6) is 0. The van der Waals surface area contributed by atoms with Crippen molar-refractivity contribution in [1.82, 2.24) is 4.90 Å². The molecule has 2 heteroatoms. The van der Waals surface area contributed by atoms with Crippen molar-refractivity contribution >= 4 is 0 Å². The first-order valence-corrected chi connectivity index (χ1v) is 7.26. The number of nitrogens with zero attached hydrogens (tertiary/aromatic N) is 1. The first kappa shape index (κ1) is 13.6. The molecule has 1 fully saturated rings. The summed E-state index contributed by atoms with van der Waals surface area (Å²) in [5.41, 5.74) is 2.81. The van der Waals surface area contributed by atoms with Crippen molar-refractivity contribution in [2.45, 2.75) is 51.6 Å². The van der Waals surface area contributed by atoms with Crippen LogP contribution >= 0.6 is 0 Å². The quantitative estimate of drug-likeness (QED) is 0.864. The second kappa shape index (κ2) is 6.91. The van der Waals surface area contributed by atoms with Gasteiger partial charge in [-0.15, -0.1) is 0 Å². The molecule has 1 aliphatic heterocycles. The van der Waals surface area contributed by atoms with Crippen LogP contribution in [0.3, 0.4) is 0 Å². The van der Waals surface area contributed by atoms with Gasteiger partial charge in [0.05, 0.1) is 0 Å². The number of aliphatic hydroxyl groups is 1. The van der Waals surface area contributed by atoms with Gasteiger partial charge in [0.25, 0.3) is 0 Å². The summed E-state index contributed by atoms with van der Waals surface area (Å²) in [6, 6.07) is 9.56. The minimum atomic E-state index is 0.315. The van der Waals surface area contributed by atoms with Crippen molar-refractivity contribution in [3.8, 4) is 0 Å². The van der Waals surface area contributed by atoms with Gasteiger partial charge >= 0.3 is 0 Å². The highest BCUT2D eigenvalue weighted by atomic mass is 16.3. The second-order valence-electron chi connectivity index (χ2n) is 5.30. The van der Waals surface area contributed by atoms with E-state index in [0.29, 0.717) is 12.6 Å². The van der Waals surface area contributed by atoms with Crippen molar-refractivity contribution in [2.75, 3.05) is 13.2 Å². The minimum absolute atomic E-state index is 0.315. The van der Waals surface area contributed by atoms with E-state index >= 15 is 0 Å². The first-order valence-electron chi connectivity index (χ1n) is 7.26. The summed E-state index contributed by atoms with van der Waals surface area (Å²) >= 11 is 0. The topological polar surface area (TPSA) is 23.5 Å². The average molecular weight is 247 g/mol. The molecule has 0 aromatic heterocycles. The summed E-state index contributed by atoms with van der Waals surface area (Å²) in [7, 11) is 0. The Morgan fingerprint density at radius 2 is 1.89 bits per heavy atom. The normalized spacial score (nSPS) is 21.1. The summed E-state index contributed by atoms with van der Waals surface area (Å²) in [6.45, 7) is 4.72. The Balaban J connectivity index is 1.96. The predicted octanol–water partition coefficient (Wildman–Crippen LogP) is 2.99. The van der Waals surface area contributed by atoms with Gasteiger partial charge in [-0.05, 0) is 43.4 Å². The molecule has 1 saturated heterocycles. The Morgan fingerprint density at radius 1 is 1.17 bits per heavy atom. The van der Waals surface area contributed by atoms with Gasteiger partial charge in [-0.25, -0.2) is 0 Å². The van der Waals surface area contributed by atoms with Gasteiger partial charge in [0.2, 0.25) is 0 Å². The third kappa shape index (κ3) is 3.56. The van der Waals surface area contributed by atoms with Gasteiger partial charge in [-0.3, -0.25) is 4.90 Å². The largest absolute Gasteiger partial charge is 0.396 e. The fourth-order valence-corrected chi connectivity index (χ4v) is 2.86. The number of piperidine rings is 1. The van der Waals surface area contributed by atoms with Crippen molar-refractivity contribution in [1.29, 1.82) is 0 Å². The van der Waals surface area contributed by atoms with E-state index in [1.807, 2.05) is 0 Å². The van der Waals surface area contributed by atoms with Gasteiger partial charge in [0.15, 0.2) is 0 Å². The van der Waals surface area contributed by atoms with Crippen molar-refractivity contribution in [3.63, 3.8) is 0 Å². The zero-order valence-electron chi connectivity index (χ0n) is 11.4. The Hall–Kier alpha value is -0.860. The lowest BCUT2D eigenvalue weighted by Gasteiger charge is -2.35. The maximum atomic E-state index is 9.14. The standard InChI is InChI=1S/C16H25NO/c1-2-14-6-8-15(9-7-14)13-17-11-4-3-5-16(17)10-12-18/h6-9,16,18H,2-5,10-13H2,1H3. The number of aryl methyl sites for hydroxylation is 1. The summed E-state index contributed by atoms with van der Waals surface area (Å²) in [6.07, 6.45) is 5.89. The molecule has 0 bridgehead atoms. The molecule has 1 N–H and O–H groups in total. The van der Waals surface area contributed by atoms with Crippen molar-refractivity contribution < 1.29 is 5.11 Å². The lowest BCUT2D eigenvalue weighted by Crippen LogP contribution is -2.39. The van der Waals surface area contributed by atoms with Crippen molar-refractivity contribution in [3.05, 3.63) is 35.4 Å². The van der Waals surface area contributed by atoms with Gasteiger partial charge in [-0.2, -0.15) is 0 Å². The molecule has 18 heavy (non-hydrogen) atoms. The number of rotatable bonds is 5. The highest BCUT2D eigenvalue weighted by Crippen LogP contribution is 2.21. The Bertz CT molecular complexity index is 345. The molecule has 1 unspecified atom stereocenters. The Morgan fingerprint density at radius 3 is 2.56 bits per heavy atom. The maximum absolute atomic E-state index is 9.14. The molecule has 0 spiro atoms. The molecule has 1 aliphatic rings. The summed E-state index contributed by atoms with van der Waals surface area (Å²) < 4.78 is 0. The Labute approximate surface area is 111 Å². The smallest absolute Gasteiger partial charge is 0.0445 e. The fourth-order valence-electron chi connectivity index (χ4n) is 2.86. The zero-order valence-corrected chi connectivity index (χ0v) is 11.4. The monoisotopic (exact) mass is 247 g/mol. The average Bonchev–Trinajstić information content (AvgIpc) is 2.42. The molecule has 0 aliphatic carbocycles. The van der Waals surface area contributed by atoms with Crippen LogP contribution in [0.1, 0.15) is 43.7 Å².